The molecule has 5 rings (SSSR count). The number of methoxy groups -OCH3 is 1. The molecule has 0 aliphatic carbocycles. The van der Waals surface area contributed by atoms with Crippen molar-refractivity contribution in [2.75, 3.05) is 13.7 Å². The van der Waals surface area contributed by atoms with Gasteiger partial charge in [-0.2, -0.15) is 0 Å². The summed E-state index contributed by atoms with van der Waals surface area (Å²) in [6.07, 6.45) is -5.52. The summed E-state index contributed by atoms with van der Waals surface area (Å²) in [4.78, 5) is 25.0. The van der Waals surface area contributed by atoms with Gasteiger partial charge in [0, 0.05) is 29.8 Å². The second-order valence-electron chi connectivity index (χ2n) is 9.86. The Morgan fingerprint density at radius 3 is 2.36 bits per heavy atom. The minimum absolute atomic E-state index is 0.0610. The molecule has 13 nitrogen and oxygen atoms in total. The predicted molar refractivity (Wildman–Crippen MR) is 153 cm³/mol. The van der Waals surface area contributed by atoms with Crippen LogP contribution in [0.4, 0.5) is 0 Å². The van der Waals surface area contributed by atoms with E-state index >= 15 is 0 Å². The number of carbonyl (C=O) groups excluding carboxylic acids is 1. The lowest BCUT2D eigenvalue weighted by Gasteiger charge is -2.39. The Morgan fingerprint density at radius 2 is 1.66 bits per heavy atom. The molecule has 5 atom stereocenters. The number of fused-ring (bicyclic) bond motifs is 1. The monoisotopic (exact) mass is 608 g/mol. The van der Waals surface area contributed by atoms with Crippen molar-refractivity contribution in [1.29, 1.82) is 0 Å². The summed E-state index contributed by atoms with van der Waals surface area (Å²) >= 11 is 0. The molecule has 44 heavy (non-hydrogen) atoms. The maximum absolute atomic E-state index is 12.8. The molecule has 0 saturated carbocycles. The second kappa shape index (κ2) is 12.7. The summed E-state index contributed by atoms with van der Waals surface area (Å²) in [6, 6.07) is 13.9. The van der Waals surface area contributed by atoms with Crippen LogP contribution in [0.3, 0.4) is 0 Å². The number of phenols is 3. The first-order valence-corrected chi connectivity index (χ1v) is 13.2. The standard InChI is InChI=1S/C31H28O13/c1-40-22-8-5-16(10-19(22)33)23-13-21(35)27-20(34)11-18(12-24(27)43-23)42-31-30(39)29(38)28(37)25(44-31)14-41-26(36)9-4-15-2-6-17(32)7-3-15/h2-13,25,28-34,37-39H,14H2,1H3/b9-4+/t25-,28-,29+,30-,31-/m1/s1. The molecule has 1 fully saturated rings. The molecule has 1 aromatic heterocycles. The van der Waals surface area contributed by atoms with E-state index in [0.29, 0.717) is 11.1 Å². The molecule has 4 aromatic rings. The van der Waals surface area contributed by atoms with E-state index in [2.05, 4.69) is 0 Å². The lowest BCUT2D eigenvalue weighted by molar-refractivity contribution is -0.278. The number of carbonyl (C=O) groups is 1. The lowest BCUT2D eigenvalue weighted by Crippen LogP contribution is -2.60. The summed E-state index contributed by atoms with van der Waals surface area (Å²) in [5, 5.41) is 61.2. The summed E-state index contributed by atoms with van der Waals surface area (Å²) in [7, 11) is 1.38. The maximum Gasteiger partial charge on any atom is 0.330 e. The number of rotatable bonds is 8. The smallest absolute Gasteiger partial charge is 0.330 e. The van der Waals surface area contributed by atoms with Gasteiger partial charge in [-0.3, -0.25) is 4.79 Å². The Bertz CT molecular complexity index is 1740. The van der Waals surface area contributed by atoms with Gasteiger partial charge in [0.2, 0.25) is 6.29 Å². The quantitative estimate of drug-likeness (QED) is 0.125. The van der Waals surface area contributed by atoms with Crippen molar-refractivity contribution in [3.63, 3.8) is 0 Å². The second-order valence-corrected chi connectivity index (χ2v) is 9.86. The normalized spacial score (nSPS) is 21.8. The van der Waals surface area contributed by atoms with Crippen molar-refractivity contribution < 1.29 is 58.8 Å². The molecule has 1 aliphatic rings. The van der Waals surface area contributed by atoms with Crippen LogP contribution in [0, 0.1) is 0 Å². The highest BCUT2D eigenvalue weighted by Gasteiger charge is 2.45. The first kappa shape index (κ1) is 30.4. The Morgan fingerprint density at radius 1 is 0.909 bits per heavy atom. The molecule has 1 saturated heterocycles. The molecule has 1 aliphatic heterocycles. The van der Waals surface area contributed by atoms with E-state index in [1.807, 2.05) is 0 Å². The number of hydrogen-bond donors (Lipinski definition) is 6. The third-order valence-electron chi connectivity index (χ3n) is 6.86. The molecule has 2 heterocycles. The number of aliphatic hydroxyl groups excluding tert-OH is 3. The minimum atomic E-state index is -1.76. The van der Waals surface area contributed by atoms with Crippen molar-refractivity contribution in [2.45, 2.75) is 30.7 Å². The lowest BCUT2D eigenvalue weighted by atomic mass is 9.99. The van der Waals surface area contributed by atoms with Crippen LogP contribution in [0.25, 0.3) is 28.4 Å². The molecule has 13 heteroatoms. The maximum atomic E-state index is 12.8. The van der Waals surface area contributed by atoms with Crippen LogP contribution in [0.5, 0.6) is 28.7 Å². The van der Waals surface area contributed by atoms with E-state index in [1.165, 1.54) is 43.5 Å². The Labute approximate surface area is 249 Å². The van der Waals surface area contributed by atoms with Gasteiger partial charge in [0.25, 0.3) is 0 Å². The Kier molecular flexibility index (Phi) is 8.73. The minimum Gasteiger partial charge on any atom is -0.508 e. The first-order valence-electron chi connectivity index (χ1n) is 13.2. The molecular weight excluding hydrogens is 580 g/mol. The molecular formula is C31H28O13. The molecule has 0 unspecified atom stereocenters. The fraction of sp³-hybridized carbons (Fsp3) is 0.226. The van der Waals surface area contributed by atoms with Crippen molar-refractivity contribution in [1.82, 2.24) is 0 Å². The van der Waals surface area contributed by atoms with Crippen LogP contribution in [0.15, 0.2) is 76.0 Å². The van der Waals surface area contributed by atoms with E-state index in [4.69, 9.17) is 23.4 Å². The van der Waals surface area contributed by atoms with E-state index in [0.717, 1.165) is 18.2 Å². The summed E-state index contributed by atoms with van der Waals surface area (Å²) in [6.45, 7) is -0.514. The number of phenolic OH excluding ortho intramolecular Hbond substituents is 3. The summed E-state index contributed by atoms with van der Waals surface area (Å²) in [5.41, 5.74) is 0.264. The van der Waals surface area contributed by atoms with E-state index in [1.54, 1.807) is 18.2 Å². The highest BCUT2D eigenvalue weighted by Crippen LogP contribution is 2.35. The third kappa shape index (κ3) is 6.45. The fourth-order valence-electron chi connectivity index (χ4n) is 4.54. The van der Waals surface area contributed by atoms with Gasteiger partial charge in [-0.25, -0.2) is 4.79 Å². The topological polar surface area (TPSA) is 206 Å². The van der Waals surface area contributed by atoms with E-state index in [-0.39, 0.29) is 39.7 Å². The van der Waals surface area contributed by atoms with Crippen LogP contribution >= 0.6 is 0 Å². The summed E-state index contributed by atoms with van der Waals surface area (Å²) in [5.74, 6) is -1.28. The first-order chi connectivity index (χ1) is 21.0. The zero-order chi connectivity index (χ0) is 31.5. The van der Waals surface area contributed by atoms with E-state index in [9.17, 15) is 40.2 Å². The number of benzene rings is 3. The third-order valence-corrected chi connectivity index (χ3v) is 6.86. The average molecular weight is 609 g/mol. The average Bonchev–Trinajstić information content (AvgIpc) is 3.00. The highest BCUT2D eigenvalue weighted by atomic mass is 16.7. The largest absolute Gasteiger partial charge is 0.508 e. The van der Waals surface area contributed by atoms with Crippen LogP contribution in [-0.4, -0.2) is 81.0 Å². The van der Waals surface area contributed by atoms with Gasteiger partial charge >= 0.3 is 5.97 Å². The van der Waals surface area contributed by atoms with Gasteiger partial charge in [0.1, 0.15) is 65.0 Å². The van der Waals surface area contributed by atoms with Gasteiger partial charge in [-0.15, -0.1) is 0 Å². The molecule has 3 aromatic carbocycles. The molecule has 0 amide bonds. The van der Waals surface area contributed by atoms with Crippen LogP contribution in [0.1, 0.15) is 5.56 Å². The summed E-state index contributed by atoms with van der Waals surface area (Å²) < 4.78 is 27.2. The number of ether oxygens (including phenoxy) is 4. The molecule has 0 spiro atoms. The molecule has 230 valence electrons. The number of aliphatic hydroxyl groups is 3. The van der Waals surface area contributed by atoms with Crippen molar-refractivity contribution in [3.8, 4) is 40.1 Å². The number of aromatic hydroxyl groups is 3. The van der Waals surface area contributed by atoms with Crippen LogP contribution in [-0.2, 0) is 14.3 Å². The van der Waals surface area contributed by atoms with Crippen molar-refractivity contribution in [3.05, 3.63) is 82.5 Å². The van der Waals surface area contributed by atoms with Gasteiger partial charge in [0.05, 0.1) is 7.11 Å². The van der Waals surface area contributed by atoms with Crippen molar-refractivity contribution in [2.24, 2.45) is 0 Å². The SMILES string of the molecule is COc1ccc(-c2cc(=O)c3c(O)cc(O[C@@H]4O[C@H](COC(=O)/C=C/c5ccc(O)cc5)[C@@H](O)[C@H](O)[C@H]4O)cc3o2)cc1O. The zero-order valence-electron chi connectivity index (χ0n) is 23.1. The zero-order valence-corrected chi connectivity index (χ0v) is 23.1. The van der Waals surface area contributed by atoms with Gasteiger partial charge in [-0.05, 0) is 42.0 Å². The van der Waals surface area contributed by atoms with Crippen LogP contribution in [0.2, 0.25) is 0 Å². The van der Waals surface area contributed by atoms with Gasteiger partial charge in [-0.1, -0.05) is 12.1 Å². The predicted octanol–water partition coefficient (Wildman–Crippen LogP) is 2.03. The Balaban J connectivity index is 1.33. The fourth-order valence-corrected chi connectivity index (χ4v) is 4.54. The Hall–Kier alpha value is -5.08. The molecule has 6 N–H and O–H groups in total. The van der Waals surface area contributed by atoms with Crippen LogP contribution < -0.4 is 14.9 Å². The van der Waals surface area contributed by atoms with Gasteiger partial charge < -0.3 is 54.0 Å². The van der Waals surface area contributed by atoms with E-state index < -0.39 is 54.5 Å². The van der Waals surface area contributed by atoms with Crippen molar-refractivity contribution >= 4 is 23.0 Å². The number of esters is 1. The molecule has 0 radical (unpaired) electrons. The highest BCUT2D eigenvalue weighted by molar-refractivity contribution is 5.87. The number of hydrogen-bond acceptors (Lipinski definition) is 13. The van der Waals surface area contributed by atoms with Gasteiger partial charge in [0.15, 0.2) is 16.9 Å². The molecule has 0 bridgehead atoms.